The number of hydrogen-bond donors (Lipinski definition) is 3. The second-order valence-electron chi connectivity index (χ2n) is 5.59. The van der Waals surface area contributed by atoms with E-state index in [1.807, 2.05) is 18.2 Å². The average molecular weight is 336 g/mol. The minimum Gasteiger partial charge on any atom is -0.326 e. The van der Waals surface area contributed by atoms with Crippen LogP contribution in [0.1, 0.15) is 13.8 Å². The summed E-state index contributed by atoms with van der Waals surface area (Å²) in [6.45, 7) is 2.80. The molecule has 3 rings (SSSR count). The maximum absolute atomic E-state index is 12.2. The molecule has 0 spiro atoms. The van der Waals surface area contributed by atoms with Crippen molar-refractivity contribution < 1.29 is 9.59 Å². The van der Waals surface area contributed by atoms with Gasteiger partial charge in [0.15, 0.2) is 0 Å². The first-order valence-corrected chi connectivity index (χ1v) is 7.62. The van der Waals surface area contributed by atoms with Gasteiger partial charge >= 0.3 is 0 Å². The molecule has 0 radical (unpaired) electrons. The highest BCUT2D eigenvalue weighted by molar-refractivity contribution is 5.90. The molecule has 7 heteroatoms. The van der Waals surface area contributed by atoms with Gasteiger partial charge in [0.05, 0.1) is 10.9 Å². The molecule has 3 N–H and O–H groups in total. The lowest BCUT2D eigenvalue weighted by atomic mass is 10.0. The van der Waals surface area contributed by atoms with Gasteiger partial charge in [0.1, 0.15) is 0 Å². The van der Waals surface area contributed by atoms with Crippen LogP contribution in [-0.2, 0) is 9.59 Å². The van der Waals surface area contributed by atoms with E-state index in [9.17, 15) is 14.4 Å². The van der Waals surface area contributed by atoms with Crippen molar-refractivity contribution in [2.45, 2.75) is 13.8 Å². The molecule has 0 fully saturated rings. The summed E-state index contributed by atoms with van der Waals surface area (Å²) in [6.07, 6.45) is 0. The third-order valence-corrected chi connectivity index (χ3v) is 3.54. The van der Waals surface area contributed by atoms with E-state index in [1.54, 1.807) is 24.3 Å². The minimum atomic E-state index is -0.328. The Balaban J connectivity index is 1.98. The third-order valence-electron chi connectivity index (χ3n) is 3.54. The summed E-state index contributed by atoms with van der Waals surface area (Å²) in [4.78, 5) is 41.2. The van der Waals surface area contributed by atoms with Crippen LogP contribution in [0.5, 0.6) is 0 Å². The van der Waals surface area contributed by atoms with Crippen molar-refractivity contribution >= 4 is 34.4 Å². The number of nitrogens with one attached hydrogen (secondary N) is 3. The van der Waals surface area contributed by atoms with Gasteiger partial charge in [-0.05, 0) is 35.4 Å². The molecule has 2 aromatic carbocycles. The van der Waals surface area contributed by atoms with Gasteiger partial charge in [0.25, 0.3) is 5.56 Å². The summed E-state index contributed by atoms with van der Waals surface area (Å²) in [5, 5.41) is 5.60. The number of carbonyl (C=O) groups excluding carboxylic acids is 2. The van der Waals surface area contributed by atoms with Crippen molar-refractivity contribution in [3.05, 3.63) is 52.8 Å². The van der Waals surface area contributed by atoms with Crippen molar-refractivity contribution in [1.82, 2.24) is 9.97 Å². The van der Waals surface area contributed by atoms with E-state index in [2.05, 4.69) is 20.6 Å². The minimum absolute atomic E-state index is 0.123. The summed E-state index contributed by atoms with van der Waals surface area (Å²) in [5.41, 5.74) is 2.62. The van der Waals surface area contributed by atoms with Crippen molar-refractivity contribution in [3.8, 4) is 11.1 Å². The standard InChI is InChI=1S/C18H16N4O3/c1-10(23)19-14-6-3-12(4-7-14)13-5-8-16-15(9-13)17(25)22-18(21-16)20-11(2)24/h3-9H,1-2H3,(H,19,23)(H2,20,21,22,24,25). The molecule has 2 amide bonds. The molecular formula is C18H16N4O3. The molecule has 0 aliphatic carbocycles. The topological polar surface area (TPSA) is 104 Å². The summed E-state index contributed by atoms with van der Waals surface area (Å²) in [6, 6.07) is 12.6. The first-order chi connectivity index (χ1) is 11.9. The number of aromatic nitrogens is 2. The number of fused-ring (bicyclic) bond motifs is 1. The lowest BCUT2D eigenvalue weighted by Gasteiger charge is -2.07. The zero-order chi connectivity index (χ0) is 18.0. The van der Waals surface area contributed by atoms with Crippen molar-refractivity contribution in [1.29, 1.82) is 0 Å². The number of hydrogen-bond acceptors (Lipinski definition) is 4. The molecule has 0 saturated heterocycles. The number of nitrogens with zero attached hydrogens (tertiary/aromatic N) is 1. The van der Waals surface area contributed by atoms with Crippen molar-refractivity contribution in [3.63, 3.8) is 0 Å². The number of H-pyrrole nitrogens is 1. The fourth-order valence-electron chi connectivity index (χ4n) is 2.49. The molecule has 0 aliphatic rings. The Morgan fingerprint density at radius 2 is 1.56 bits per heavy atom. The van der Waals surface area contributed by atoms with Crippen LogP contribution < -0.4 is 16.2 Å². The van der Waals surface area contributed by atoms with Gasteiger partial charge < -0.3 is 5.32 Å². The van der Waals surface area contributed by atoms with E-state index in [0.29, 0.717) is 16.6 Å². The zero-order valence-electron chi connectivity index (χ0n) is 13.7. The van der Waals surface area contributed by atoms with Gasteiger partial charge in [-0.2, -0.15) is 0 Å². The van der Waals surface area contributed by atoms with Gasteiger partial charge in [-0.3, -0.25) is 24.7 Å². The molecule has 126 valence electrons. The van der Waals surface area contributed by atoms with Crippen LogP contribution in [0.25, 0.3) is 22.0 Å². The second-order valence-corrected chi connectivity index (χ2v) is 5.59. The fraction of sp³-hybridized carbons (Fsp3) is 0.111. The van der Waals surface area contributed by atoms with E-state index in [0.717, 1.165) is 11.1 Å². The van der Waals surface area contributed by atoms with Crippen LogP contribution in [0.15, 0.2) is 47.3 Å². The van der Waals surface area contributed by atoms with E-state index in [-0.39, 0.29) is 23.3 Å². The van der Waals surface area contributed by atoms with Gasteiger partial charge in [-0.15, -0.1) is 0 Å². The summed E-state index contributed by atoms with van der Waals surface area (Å²) < 4.78 is 0. The maximum atomic E-state index is 12.2. The maximum Gasteiger partial charge on any atom is 0.260 e. The Morgan fingerprint density at radius 3 is 2.20 bits per heavy atom. The predicted molar refractivity (Wildman–Crippen MR) is 96.4 cm³/mol. The quantitative estimate of drug-likeness (QED) is 0.683. The molecule has 1 heterocycles. The molecule has 0 aliphatic heterocycles. The van der Waals surface area contributed by atoms with Crippen molar-refractivity contribution in [2.75, 3.05) is 10.6 Å². The lowest BCUT2D eigenvalue weighted by molar-refractivity contribution is -0.115. The highest BCUT2D eigenvalue weighted by Crippen LogP contribution is 2.24. The Morgan fingerprint density at radius 1 is 0.920 bits per heavy atom. The predicted octanol–water partition coefficient (Wildman–Crippen LogP) is 2.51. The van der Waals surface area contributed by atoms with Crippen LogP contribution in [0.3, 0.4) is 0 Å². The Kier molecular flexibility index (Phi) is 4.30. The largest absolute Gasteiger partial charge is 0.326 e. The molecule has 7 nitrogen and oxygen atoms in total. The van der Waals surface area contributed by atoms with E-state index < -0.39 is 0 Å². The summed E-state index contributed by atoms with van der Waals surface area (Å²) in [7, 11) is 0. The Hall–Kier alpha value is -3.48. The van der Waals surface area contributed by atoms with Crippen LogP contribution in [0.4, 0.5) is 11.6 Å². The zero-order valence-corrected chi connectivity index (χ0v) is 13.7. The first-order valence-electron chi connectivity index (χ1n) is 7.62. The lowest BCUT2D eigenvalue weighted by Crippen LogP contribution is -2.16. The van der Waals surface area contributed by atoms with Gasteiger partial charge in [-0.1, -0.05) is 18.2 Å². The van der Waals surface area contributed by atoms with Crippen LogP contribution in [0, 0.1) is 0 Å². The normalized spacial score (nSPS) is 10.5. The van der Waals surface area contributed by atoms with E-state index in [4.69, 9.17) is 0 Å². The summed E-state index contributed by atoms with van der Waals surface area (Å²) >= 11 is 0. The highest BCUT2D eigenvalue weighted by Gasteiger charge is 2.07. The van der Waals surface area contributed by atoms with E-state index >= 15 is 0 Å². The number of rotatable bonds is 3. The molecule has 0 saturated carbocycles. The molecule has 1 aromatic heterocycles. The Bertz CT molecular complexity index is 1020. The van der Waals surface area contributed by atoms with Crippen LogP contribution >= 0.6 is 0 Å². The Labute approximate surface area is 143 Å². The van der Waals surface area contributed by atoms with Crippen molar-refractivity contribution in [2.24, 2.45) is 0 Å². The van der Waals surface area contributed by atoms with Crippen LogP contribution in [0.2, 0.25) is 0 Å². The monoisotopic (exact) mass is 336 g/mol. The fourth-order valence-corrected chi connectivity index (χ4v) is 2.49. The van der Waals surface area contributed by atoms with Gasteiger partial charge in [0.2, 0.25) is 17.8 Å². The molecule has 0 atom stereocenters. The number of anilines is 2. The van der Waals surface area contributed by atoms with Gasteiger partial charge in [-0.25, -0.2) is 4.98 Å². The molecule has 0 unspecified atom stereocenters. The first kappa shape index (κ1) is 16.4. The second kappa shape index (κ2) is 6.56. The van der Waals surface area contributed by atoms with Gasteiger partial charge in [0, 0.05) is 19.5 Å². The molecule has 25 heavy (non-hydrogen) atoms. The molecule has 0 bridgehead atoms. The van der Waals surface area contributed by atoms with Crippen LogP contribution in [-0.4, -0.2) is 21.8 Å². The third kappa shape index (κ3) is 3.72. The van der Waals surface area contributed by atoms with E-state index in [1.165, 1.54) is 13.8 Å². The average Bonchev–Trinajstić information content (AvgIpc) is 2.54. The number of carbonyl (C=O) groups is 2. The summed E-state index contributed by atoms with van der Waals surface area (Å²) in [5.74, 6) is -0.318. The molecule has 3 aromatic rings. The number of amides is 2. The smallest absolute Gasteiger partial charge is 0.260 e. The highest BCUT2D eigenvalue weighted by atomic mass is 16.2. The SMILES string of the molecule is CC(=O)Nc1ccc(-c2ccc3nc(NC(C)=O)[nH]c(=O)c3c2)cc1. The number of aromatic amines is 1. The number of benzene rings is 2. The molecular weight excluding hydrogens is 320 g/mol.